The summed E-state index contributed by atoms with van der Waals surface area (Å²) in [6.45, 7) is 5.90. The topological polar surface area (TPSA) is 64.3 Å². The van der Waals surface area contributed by atoms with Crippen molar-refractivity contribution in [3.05, 3.63) is 35.9 Å². The Morgan fingerprint density at radius 1 is 1.22 bits per heavy atom. The molecule has 1 aromatic rings. The Labute approximate surface area is 145 Å². The summed E-state index contributed by atoms with van der Waals surface area (Å²) in [7, 11) is 0. The van der Waals surface area contributed by atoms with Crippen molar-refractivity contribution in [3.63, 3.8) is 0 Å². The van der Waals surface area contributed by atoms with E-state index in [1.54, 1.807) is 0 Å². The monoisotopic (exact) mass is 340 g/mol. The van der Waals surface area contributed by atoms with Crippen LogP contribution in [0.25, 0.3) is 0 Å². The maximum atomic E-state index is 13.0. The van der Waals surface area contributed by atoms with Gasteiger partial charge in [-0.25, -0.2) is 0 Å². The van der Waals surface area contributed by atoms with Crippen LogP contribution in [0.5, 0.6) is 0 Å². The molecule has 0 aromatic heterocycles. The maximum absolute atomic E-state index is 13.0. The van der Waals surface area contributed by atoms with Gasteiger partial charge >= 0.3 is 0 Å². The van der Waals surface area contributed by atoms with E-state index < -0.39 is 5.41 Å². The average Bonchev–Trinajstić information content (AvgIpc) is 2.60. The van der Waals surface area contributed by atoms with Crippen LogP contribution in [0.1, 0.15) is 45.1 Å². The number of halogens is 1. The molecule has 1 aromatic carbocycles. The van der Waals surface area contributed by atoms with Gasteiger partial charge in [-0.05, 0) is 31.2 Å². The van der Waals surface area contributed by atoms with Crippen molar-refractivity contribution in [2.75, 3.05) is 19.8 Å². The highest BCUT2D eigenvalue weighted by Gasteiger charge is 2.42. The van der Waals surface area contributed by atoms with Crippen LogP contribution < -0.4 is 11.1 Å². The van der Waals surface area contributed by atoms with Crippen molar-refractivity contribution < 1.29 is 9.53 Å². The second kappa shape index (κ2) is 8.67. The van der Waals surface area contributed by atoms with Crippen molar-refractivity contribution in [3.8, 4) is 0 Å². The number of ether oxygens (including phenoxy) is 1. The number of hydrogen-bond donors (Lipinski definition) is 2. The third-order valence-corrected chi connectivity index (χ3v) is 5.12. The minimum atomic E-state index is -0.484. The van der Waals surface area contributed by atoms with Gasteiger partial charge in [0.1, 0.15) is 0 Å². The lowest BCUT2D eigenvalue weighted by atomic mass is 9.73. The Kier molecular flexibility index (Phi) is 7.52. The molecular weight excluding hydrogens is 312 g/mol. The summed E-state index contributed by atoms with van der Waals surface area (Å²) in [5.74, 6) is 0.0822. The first-order valence-electron chi connectivity index (χ1n) is 8.27. The Bertz CT molecular complexity index is 483. The van der Waals surface area contributed by atoms with Crippen LogP contribution in [-0.4, -0.2) is 31.2 Å². The molecule has 5 heteroatoms. The highest BCUT2D eigenvalue weighted by atomic mass is 35.5. The molecule has 0 bridgehead atoms. The summed E-state index contributed by atoms with van der Waals surface area (Å²) >= 11 is 0. The van der Waals surface area contributed by atoms with Crippen LogP contribution in [0.4, 0.5) is 0 Å². The Balaban J connectivity index is 0.00000264. The van der Waals surface area contributed by atoms with Crippen LogP contribution in [0.3, 0.4) is 0 Å². The summed E-state index contributed by atoms with van der Waals surface area (Å²) in [5, 5.41) is 3.11. The van der Waals surface area contributed by atoms with Gasteiger partial charge < -0.3 is 15.8 Å². The van der Waals surface area contributed by atoms with E-state index in [4.69, 9.17) is 10.5 Å². The molecule has 2 rings (SSSR count). The largest absolute Gasteiger partial charge is 0.381 e. The molecule has 1 amide bonds. The number of amides is 1. The van der Waals surface area contributed by atoms with Crippen LogP contribution in [0.15, 0.2) is 30.3 Å². The van der Waals surface area contributed by atoms with E-state index in [-0.39, 0.29) is 23.9 Å². The van der Waals surface area contributed by atoms with E-state index in [2.05, 4.69) is 19.2 Å². The highest BCUT2D eigenvalue weighted by molar-refractivity contribution is 5.88. The van der Waals surface area contributed by atoms with Crippen molar-refractivity contribution in [1.82, 2.24) is 5.32 Å². The molecule has 0 unspecified atom stereocenters. The normalized spacial score (nSPS) is 17.2. The fraction of sp³-hybridized carbons (Fsp3) is 0.611. The Hall–Kier alpha value is -1.10. The van der Waals surface area contributed by atoms with E-state index in [0.717, 1.165) is 31.2 Å². The lowest BCUT2D eigenvalue weighted by Gasteiger charge is -2.37. The lowest BCUT2D eigenvalue weighted by Crippen LogP contribution is -2.54. The first kappa shape index (κ1) is 19.9. The van der Waals surface area contributed by atoms with Crippen LogP contribution in [-0.2, 0) is 14.9 Å². The van der Waals surface area contributed by atoms with Gasteiger partial charge in [0.2, 0.25) is 5.91 Å². The van der Waals surface area contributed by atoms with Crippen molar-refractivity contribution in [2.45, 2.75) is 50.5 Å². The molecule has 1 fully saturated rings. The molecule has 1 aliphatic heterocycles. The molecular formula is C18H29ClN2O2. The van der Waals surface area contributed by atoms with Gasteiger partial charge in [0.15, 0.2) is 0 Å². The molecule has 0 atom stereocenters. The number of nitrogens with one attached hydrogen (secondary N) is 1. The third kappa shape index (κ3) is 4.46. The van der Waals surface area contributed by atoms with Crippen molar-refractivity contribution in [1.29, 1.82) is 0 Å². The first-order valence-corrected chi connectivity index (χ1v) is 8.27. The predicted octanol–water partition coefficient (Wildman–Crippen LogP) is 2.79. The summed E-state index contributed by atoms with van der Waals surface area (Å²) in [6.07, 6.45) is 3.15. The number of carbonyl (C=O) groups is 1. The molecule has 1 saturated heterocycles. The smallest absolute Gasteiger partial charge is 0.230 e. The van der Waals surface area contributed by atoms with Gasteiger partial charge in [0.25, 0.3) is 0 Å². The second-order valence-corrected chi connectivity index (χ2v) is 6.31. The predicted molar refractivity (Wildman–Crippen MR) is 95.9 cm³/mol. The lowest BCUT2D eigenvalue weighted by molar-refractivity contribution is -0.130. The molecule has 0 spiro atoms. The quantitative estimate of drug-likeness (QED) is 0.837. The Morgan fingerprint density at radius 2 is 1.78 bits per heavy atom. The molecule has 1 heterocycles. The molecule has 0 aliphatic carbocycles. The fourth-order valence-corrected chi connectivity index (χ4v) is 3.05. The van der Waals surface area contributed by atoms with E-state index in [9.17, 15) is 4.79 Å². The standard InChI is InChI=1S/C18H28N2O2.ClH/c1-3-17(19,4-2)14-20-16(21)18(10-12-22-13-11-18)15-8-6-5-7-9-15;/h5-9H,3-4,10-14,19H2,1-2H3,(H,20,21);1H. The zero-order valence-electron chi connectivity index (χ0n) is 14.1. The number of carbonyl (C=O) groups excluding carboxylic acids is 1. The van der Waals surface area contributed by atoms with E-state index in [0.29, 0.717) is 19.8 Å². The minimum absolute atomic E-state index is 0. The van der Waals surface area contributed by atoms with Crippen molar-refractivity contribution >= 4 is 18.3 Å². The highest BCUT2D eigenvalue weighted by Crippen LogP contribution is 2.35. The Morgan fingerprint density at radius 3 is 2.30 bits per heavy atom. The van der Waals surface area contributed by atoms with Gasteiger partial charge in [-0.2, -0.15) is 0 Å². The van der Waals surface area contributed by atoms with Crippen LogP contribution in [0.2, 0.25) is 0 Å². The molecule has 0 saturated carbocycles. The summed E-state index contributed by atoms with van der Waals surface area (Å²) in [6, 6.07) is 10.0. The summed E-state index contributed by atoms with van der Waals surface area (Å²) in [5.41, 5.74) is 6.59. The molecule has 130 valence electrons. The zero-order chi connectivity index (χ0) is 16.1. The number of hydrogen-bond acceptors (Lipinski definition) is 3. The molecule has 4 nitrogen and oxygen atoms in total. The third-order valence-electron chi connectivity index (χ3n) is 5.12. The van der Waals surface area contributed by atoms with Gasteiger partial charge in [-0.15, -0.1) is 12.4 Å². The molecule has 23 heavy (non-hydrogen) atoms. The maximum Gasteiger partial charge on any atom is 0.230 e. The summed E-state index contributed by atoms with van der Waals surface area (Å²) < 4.78 is 5.48. The molecule has 1 aliphatic rings. The van der Waals surface area contributed by atoms with Crippen molar-refractivity contribution in [2.24, 2.45) is 5.73 Å². The second-order valence-electron chi connectivity index (χ2n) is 6.31. The average molecular weight is 341 g/mol. The first-order chi connectivity index (χ1) is 10.6. The van der Waals surface area contributed by atoms with E-state index >= 15 is 0 Å². The number of rotatable bonds is 6. The minimum Gasteiger partial charge on any atom is -0.381 e. The van der Waals surface area contributed by atoms with Crippen LogP contribution >= 0.6 is 12.4 Å². The van der Waals surface area contributed by atoms with Gasteiger partial charge in [0, 0.05) is 25.3 Å². The SMILES string of the molecule is CCC(N)(CC)CNC(=O)C1(c2ccccc2)CCOCC1.Cl. The fourth-order valence-electron chi connectivity index (χ4n) is 3.05. The zero-order valence-corrected chi connectivity index (χ0v) is 15.0. The number of benzene rings is 1. The van der Waals surface area contributed by atoms with Gasteiger partial charge in [-0.1, -0.05) is 44.2 Å². The van der Waals surface area contributed by atoms with Gasteiger partial charge in [0.05, 0.1) is 5.41 Å². The molecule has 3 N–H and O–H groups in total. The van der Waals surface area contributed by atoms with Gasteiger partial charge in [-0.3, -0.25) is 4.79 Å². The van der Waals surface area contributed by atoms with Crippen LogP contribution in [0, 0.1) is 0 Å². The van der Waals surface area contributed by atoms with E-state index in [1.807, 2.05) is 30.3 Å². The number of nitrogens with two attached hydrogens (primary N) is 1. The molecule has 0 radical (unpaired) electrons. The van der Waals surface area contributed by atoms with E-state index in [1.165, 1.54) is 0 Å². The summed E-state index contributed by atoms with van der Waals surface area (Å²) in [4.78, 5) is 13.0.